The molecule has 0 aromatic heterocycles. The third-order valence-corrected chi connectivity index (χ3v) is 6.61. The van der Waals surface area contributed by atoms with Crippen molar-refractivity contribution in [3.05, 3.63) is 59.7 Å². The number of hydrogen-bond donors (Lipinski definition) is 2. The average Bonchev–Trinajstić information content (AvgIpc) is 3.42. The Morgan fingerprint density at radius 1 is 1.09 bits per heavy atom. The molecule has 2 amide bonds. The number of hydrogen-bond acceptors (Lipinski definition) is 5. The van der Waals surface area contributed by atoms with Crippen molar-refractivity contribution in [2.45, 2.75) is 43.7 Å². The van der Waals surface area contributed by atoms with Crippen molar-refractivity contribution >= 4 is 18.0 Å². The number of rotatable bonds is 9. The molecular weight excluding hydrogens is 436 g/mol. The molecule has 2 aromatic carbocycles. The topological polar surface area (TPSA) is 105 Å². The van der Waals surface area contributed by atoms with E-state index < -0.39 is 18.1 Å². The summed E-state index contributed by atoms with van der Waals surface area (Å²) in [5, 5.41) is 11.9. The summed E-state index contributed by atoms with van der Waals surface area (Å²) in [6, 6.07) is 15.0. The highest BCUT2D eigenvalue weighted by Gasteiger charge is 2.35. The van der Waals surface area contributed by atoms with Crippen LogP contribution in [0.25, 0.3) is 11.1 Å². The molecule has 0 spiro atoms. The summed E-state index contributed by atoms with van der Waals surface area (Å²) < 4.78 is 10.7. The number of methoxy groups -OCH3 is 1. The predicted molar refractivity (Wildman–Crippen MR) is 125 cm³/mol. The Kier molecular flexibility index (Phi) is 7.47. The number of fused-ring (bicyclic) bond motifs is 3. The third kappa shape index (κ3) is 5.07. The molecule has 2 aromatic rings. The number of carboxylic acids is 1. The number of carbonyl (C=O) groups is 3. The van der Waals surface area contributed by atoms with Crippen molar-refractivity contribution in [2.75, 3.05) is 26.9 Å². The van der Waals surface area contributed by atoms with Gasteiger partial charge in [0.2, 0.25) is 5.91 Å². The van der Waals surface area contributed by atoms with Crippen LogP contribution >= 0.6 is 0 Å². The third-order valence-electron chi connectivity index (χ3n) is 6.61. The van der Waals surface area contributed by atoms with Crippen molar-refractivity contribution in [1.82, 2.24) is 10.2 Å². The number of likely N-dealkylation sites (tertiary alicyclic amines) is 1. The SMILES string of the molecule is COCCC(NC(=O)OCC1c2ccccc2-c2ccccc21)C(=O)N1CCCC1CC(=O)O. The molecule has 0 saturated carbocycles. The van der Waals surface area contributed by atoms with Crippen LogP contribution in [0.2, 0.25) is 0 Å². The molecule has 2 atom stereocenters. The van der Waals surface area contributed by atoms with Crippen molar-refractivity contribution in [3.8, 4) is 11.1 Å². The van der Waals surface area contributed by atoms with Gasteiger partial charge in [-0.05, 0) is 35.1 Å². The molecule has 1 heterocycles. The highest BCUT2D eigenvalue weighted by molar-refractivity contribution is 5.86. The number of alkyl carbamates (subject to hydrolysis) is 1. The Balaban J connectivity index is 1.42. The monoisotopic (exact) mass is 466 g/mol. The first kappa shape index (κ1) is 23.8. The van der Waals surface area contributed by atoms with Gasteiger partial charge < -0.3 is 24.8 Å². The second-order valence-corrected chi connectivity index (χ2v) is 8.73. The summed E-state index contributed by atoms with van der Waals surface area (Å²) in [6.07, 6.45) is 0.875. The van der Waals surface area contributed by atoms with E-state index in [1.165, 1.54) is 7.11 Å². The summed E-state index contributed by atoms with van der Waals surface area (Å²) in [4.78, 5) is 38.7. The van der Waals surface area contributed by atoms with Crippen LogP contribution in [0.5, 0.6) is 0 Å². The van der Waals surface area contributed by atoms with Gasteiger partial charge in [0.15, 0.2) is 0 Å². The fourth-order valence-electron chi connectivity index (χ4n) is 5.02. The Morgan fingerprint density at radius 3 is 2.35 bits per heavy atom. The summed E-state index contributed by atoms with van der Waals surface area (Å²) in [6.45, 7) is 0.903. The molecule has 2 N–H and O–H groups in total. The fraction of sp³-hybridized carbons (Fsp3) is 0.423. The fourth-order valence-corrected chi connectivity index (χ4v) is 5.02. The maximum Gasteiger partial charge on any atom is 0.407 e. The number of ether oxygens (including phenoxy) is 2. The number of carbonyl (C=O) groups excluding carboxylic acids is 2. The van der Waals surface area contributed by atoms with E-state index in [0.29, 0.717) is 13.0 Å². The van der Waals surface area contributed by atoms with Gasteiger partial charge in [-0.3, -0.25) is 9.59 Å². The molecule has 1 aliphatic heterocycles. The van der Waals surface area contributed by atoms with Crippen molar-refractivity contribution in [3.63, 3.8) is 0 Å². The second-order valence-electron chi connectivity index (χ2n) is 8.73. The molecule has 0 radical (unpaired) electrons. The van der Waals surface area contributed by atoms with E-state index in [2.05, 4.69) is 17.4 Å². The Labute approximate surface area is 198 Å². The van der Waals surface area contributed by atoms with Crippen LogP contribution in [-0.2, 0) is 19.1 Å². The maximum atomic E-state index is 13.2. The first-order valence-electron chi connectivity index (χ1n) is 11.6. The lowest BCUT2D eigenvalue weighted by molar-refractivity contribution is -0.140. The van der Waals surface area contributed by atoms with Gasteiger partial charge in [0.25, 0.3) is 0 Å². The lowest BCUT2D eigenvalue weighted by Gasteiger charge is -2.28. The van der Waals surface area contributed by atoms with E-state index in [9.17, 15) is 14.4 Å². The Morgan fingerprint density at radius 2 is 1.74 bits per heavy atom. The van der Waals surface area contributed by atoms with Crippen LogP contribution in [-0.4, -0.2) is 66.9 Å². The largest absolute Gasteiger partial charge is 0.481 e. The van der Waals surface area contributed by atoms with Crippen molar-refractivity contribution in [1.29, 1.82) is 0 Å². The maximum absolute atomic E-state index is 13.2. The molecule has 0 bridgehead atoms. The van der Waals surface area contributed by atoms with Crippen LogP contribution in [0.4, 0.5) is 4.79 Å². The molecule has 1 fully saturated rings. The number of benzene rings is 2. The van der Waals surface area contributed by atoms with Gasteiger partial charge in [-0.2, -0.15) is 0 Å². The van der Waals surface area contributed by atoms with Gasteiger partial charge in [0, 0.05) is 38.6 Å². The summed E-state index contributed by atoms with van der Waals surface area (Å²) in [7, 11) is 1.53. The zero-order chi connectivity index (χ0) is 24.1. The summed E-state index contributed by atoms with van der Waals surface area (Å²) >= 11 is 0. The van der Waals surface area contributed by atoms with Crippen molar-refractivity contribution in [2.24, 2.45) is 0 Å². The minimum Gasteiger partial charge on any atom is -0.481 e. The standard InChI is InChI=1S/C26H30N2O6/c1-33-14-12-23(25(31)28-13-6-7-17(28)15-24(29)30)27-26(32)34-16-22-20-10-4-2-8-18(20)19-9-3-5-11-21(19)22/h2-5,8-11,17,22-23H,6-7,12-16H2,1H3,(H,27,32)(H,29,30). The Bertz CT molecular complexity index is 1010. The molecule has 2 aliphatic rings. The summed E-state index contributed by atoms with van der Waals surface area (Å²) in [5.41, 5.74) is 4.49. The van der Waals surface area contributed by atoms with E-state index in [1.807, 2.05) is 36.4 Å². The van der Waals surface area contributed by atoms with Crippen LogP contribution in [0.3, 0.4) is 0 Å². The number of carboxylic acid groups (broad SMARTS) is 1. The van der Waals surface area contributed by atoms with E-state index in [4.69, 9.17) is 14.6 Å². The van der Waals surface area contributed by atoms with Crippen LogP contribution < -0.4 is 5.32 Å². The van der Waals surface area contributed by atoms with Gasteiger partial charge in [0.1, 0.15) is 12.6 Å². The number of aliphatic carboxylic acids is 1. The van der Waals surface area contributed by atoms with E-state index >= 15 is 0 Å². The molecular formula is C26H30N2O6. The van der Waals surface area contributed by atoms with Crippen LogP contribution in [0, 0.1) is 0 Å². The lowest BCUT2D eigenvalue weighted by atomic mass is 9.98. The molecule has 34 heavy (non-hydrogen) atoms. The minimum absolute atomic E-state index is 0.0789. The van der Waals surface area contributed by atoms with E-state index in [1.54, 1.807) is 4.90 Å². The Hall–Kier alpha value is -3.39. The van der Waals surface area contributed by atoms with Gasteiger partial charge in [-0.25, -0.2) is 4.79 Å². The predicted octanol–water partition coefficient (Wildman–Crippen LogP) is 3.40. The molecule has 2 unspecified atom stereocenters. The quantitative estimate of drug-likeness (QED) is 0.587. The van der Waals surface area contributed by atoms with Crippen molar-refractivity contribution < 1.29 is 29.0 Å². The molecule has 4 rings (SSSR count). The van der Waals surface area contributed by atoms with Gasteiger partial charge in [0.05, 0.1) is 6.42 Å². The molecule has 8 nitrogen and oxygen atoms in total. The number of nitrogens with one attached hydrogen (secondary N) is 1. The normalized spacial score (nSPS) is 17.7. The molecule has 1 aliphatic carbocycles. The van der Waals surface area contributed by atoms with E-state index in [0.717, 1.165) is 28.7 Å². The number of amides is 2. The first-order chi connectivity index (χ1) is 16.5. The van der Waals surface area contributed by atoms with Gasteiger partial charge in [-0.1, -0.05) is 48.5 Å². The van der Waals surface area contributed by atoms with Gasteiger partial charge in [-0.15, -0.1) is 0 Å². The van der Waals surface area contributed by atoms with Crippen LogP contribution in [0.1, 0.15) is 42.7 Å². The minimum atomic E-state index is -0.942. The first-order valence-corrected chi connectivity index (χ1v) is 11.6. The highest BCUT2D eigenvalue weighted by Crippen LogP contribution is 2.44. The highest BCUT2D eigenvalue weighted by atomic mass is 16.5. The smallest absolute Gasteiger partial charge is 0.407 e. The van der Waals surface area contributed by atoms with Gasteiger partial charge >= 0.3 is 12.1 Å². The average molecular weight is 467 g/mol. The lowest BCUT2D eigenvalue weighted by Crippen LogP contribution is -2.51. The molecule has 180 valence electrons. The van der Waals surface area contributed by atoms with E-state index in [-0.39, 0.29) is 43.9 Å². The zero-order valence-electron chi connectivity index (χ0n) is 19.2. The van der Waals surface area contributed by atoms with Crippen LogP contribution in [0.15, 0.2) is 48.5 Å². The zero-order valence-corrected chi connectivity index (χ0v) is 19.2. The second kappa shape index (κ2) is 10.7. The summed E-state index contributed by atoms with van der Waals surface area (Å²) in [5.74, 6) is -1.32. The number of nitrogens with zero attached hydrogens (tertiary/aromatic N) is 1. The molecule has 1 saturated heterocycles. The molecule has 8 heteroatoms.